The molecular weight excluding hydrogens is 196 g/mol. The molecule has 0 rings (SSSR count). The molecule has 0 saturated carbocycles. The maximum absolute atomic E-state index is 11.3. The van der Waals surface area contributed by atoms with Crippen LogP contribution in [0.4, 0.5) is 0 Å². The van der Waals surface area contributed by atoms with Crippen molar-refractivity contribution in [3.63, 3.8) is 0 Å². The molecular formula is C10H20N2O3. The normalized spacial score (nSPS) is 9.80. The lowest BCUT2D eigenvalue weighted by Gasteiger charge is -2.21. The van der Waals surface area contributed by atoms with Crippen molar-refractivity contribution in [1.29, 1.82) is 0 Å². The number of rotatable bonds is 7. The maximum atomic E-state index is 11.3. The van der Waals surface area contributed by atoms with E-state index < -0.39 is 0 Å². The van der Waals surface area contributed by atoms with Gasteiger partial charge in [0.05, 0.1) is 6.61 Å². The van der Waals surface area contributed by atoms with Gasteiger partial charge in [0.25, 0.3) is 0 Å². The topological polar surface area (TPSA) is 69.6 Å². The molecule has 0 radical (unpaired) electrons. The van der Waals surface area contributed by atoms with Gasteiger partial charge in [-0.1, -0.05) is 13.8 Å². The average molecular weight is 216 g/mol. The predicted molar refractivity (Wildman–Crippen MR) is 57.3 cm³/mol. The summed E-state index contributed by atoms with van der Waals surface area (Å²) in [7, 11) is 0. The summed E-state index contributed by atoms with van der Waals surface area (Å²) in [5.74, 6) is -0.0299. The van der Waals surface area contributed by atoms with Crippen LogP contribution in [0.2, 0.25) is 0 Å². The Morgan fingerprint density at radius 2 is 1.87 bits per heavy atom. The first-order valence-electron chi connectivity index (χ1n) is 5.31. The molecule has 0 spiro atoms. The minimum Gasteiger partial charge on any atom is -0.395 e. The lowest BCUT2D eigenvalue weighted by atomic mass is 10.3. The highest BCUT2D eigenvalue weighted by molar-refractivity contribution is 5.76. The molecule has 0 unspecified atom stereocenters. The Labute approximate surface area is 90.5 Å². The molecule has 2 N–H and O–H groups in total. The zero-order chi connectivity index (χ0) is 11.7. The summed E-state index contributed by atoms with van der Waals surface area (Å²) in [5, 5.41) is 11.4. The van der Waals surface area contributed by atoms with Gasteiger partial charge >= 0.3 is 0 Å². The van der Waals surface area contributed by atoms with Crippen LogP contribution in [0.15, 0.2) is 0 Å². The van der Waals surface area contributed by atoms with Gasteiger partial charge in [-0.25, -0.2) is 0 Å². The summed E-state index contributed by atoms with van der Waals surface area (Å²) in [6, 6.07) is 0. The number of carbonyl (C=O) groups excluding carboxylic acids is 2. The van der Waals surface area contributed by atoms with Crippen molar-refractivity contribution in [2.45, 2.75) is 26.7 Å². The third-order valence-corrected chi connectivity index (χ3v) is 2.05. The highest BCUT2D eigenvalue weighted by Crippen LogP contribution is 1.92. The number of carbonyl (C=O) groups is 2. The molecule has 88 valence electrons. The van der Waals surface area contributed by atoms with Crippen LogP contribution in [0.1, 0.15) is 26.7 Å². The standard InChI is InChI=1S/C10H20N2O3/c1-3-9(14)11-5-6-12(7-8-13)10(15)4-2/h13H,3-8H2,1-2H3,(H,11,14). The summed E-state index contributed by atoms with van der Waals surface area (Å²) >= 11 is 0. The molecule has 2 amide bonds. The van der Waals surface area contributed by atoms with Crippen molar-refractivity contribution in [2.75, 3.05) is 26.2 Å². The first-order chi connectivity index (χ1) is 7.15. The van der Waals surface area contributed by atoms with E-state index >= 15 is 0 Å². The molecule has 0 aromatic carbocycles. The summed E-state index contributed by atoms with van der Waals surface area (Å²) in [6.45, 7) is 4.73. The highest BCUT2D eigenvalue weighted by atomic mass is 16.3. The molecule has 0 fully saturated rings. The Morgan fingerprint density at radius 1 is 1.20 bits per heavy atom. The minimum absolute atomic E-state index is 0.00482. The minimum atomic E-state index is -0.0482. The Bertz CT molecular complexity index is 207. The van der Waals surface area contributed by atoms with E-state index in [1.807, 2.05) is 0 Å². The van der Waals surface area contributed by atoms with Gasteiger partial charge in [-0.05, 0) is 0 Å². The van der Waals surface area contributed by atoms with Crippen LogP contribution in [-0.2, 0) is 9.59 Å². The number of amides is 2. The fraction of sp³-hybridized carbons (Fsp3) is 0.800. The van der Waals surface area contributed by atoms with E-state index in [0.29, 0.717) is 32.5 Å². The second kappa shape index (κ2) is 8.23. The molecule has 5 heteroatoms. The summed E-state index contributed by atoms with van der Waals surface area (Å²) in [6.07, 6.45) is 0.865. The molecule has 0 aromatic rings. The third-order valence-electron chi connectivity index (χ3n) is 2.05. The van der Waals surface area contributed by atoms with E-state index in [4.69, 9.17) is 5.11 Å². The average Bonchev–Trinajstić information content (AvgIpc) is 2.26. The Hall–Kier alpha value is -1.10. The second-order valence-corrected chi connectivity index (χ2v) is 3.16. The molecule has 5 nitrogen and oxygen atoms in total. The van der Waals surface area contributed by atoms with E-state index in [9.17, 15) is 9.59 Å². The van der Waals surface area contributed by atoms with Crippen LogP contribution in [-0.4, -0.2) is 48.1 Å². The number of hydrogen-bond acceptors (Lipinski definition) is 3. The van der Waals surface area contributed by atoms with E-state index in [1.165, 1.54) is 0 Å². The lowest BCUT2D eigenvalue weighted by Crippen LogP contribution is -2.39. The Morgan fingerprint density at radius 3 is 2.33 bits per heavy atom. The number of aliphatic hydroxyl groups is 1. The van der Waals surface area contributed by atoms with Crippen molar-refractivity contribution in [3.8, 4) is 0 Å². The smallest absolute Gasteiger partial charge is 0.222 e. The first kappa shape index (κ1) is 13.9. The SMILES string of the molecule is CCC(=O)NCCN(CCO)C(=O)CC. The number of aliphatic hydroxyl groups excluding tert-OH is 1. The molecule has 0 aliphatic carbocycles. The zero-order valence-electron chi connectivity index (χ0n) is 9.45. The maximum Gasteiger partial charge on any atom is 0.222 e. The number of hydrogen-bond donors (Lipinski definition) is 2. The lowest BCUT2D eigenvalue weighted by molar-refractivity contribution is -0.131. The van der Waals surface area contributed by atoms with Gasteiger partial charge in [0.15, 0.2) is 0 Å². The molecule has 0 atom stereocenters. The molecule has 0 aliphatic heterocycles. The third kappa shape index (κ3) is 6.06. The number of nitrogens with zero attached hydrogens (tertiary/aromatic N) is 1. The van der Waals surface area contributed by atoms with E-state index in [1.54, 1.807) is 18.7 Å². The fourth-order valence-electron chi connectivity index (χ4n) is 1.16. The summed E-state index contributed by atoms with van der Waals surface area (Å²) in [4.78, 5) is 23.8. The van der Waals surface area contributed by atoms with E-state index in [2.05, 4.69) is 5.32 Å². The second-order valence-electron chi connectivity index (χ2n) is 3.16. The molecule has 15 heavy (non-hydrogen) atoms. The van der Waals surface area contributed by atoms with Crippen LogP contribution in [0.5, 0.6) is 0 Å². The van der Waals surface area contributed by atoms with Crippen molar-refractivity contribution >= 4 is 11.8 Å². The van der Waals surface area contributed by atoms with Crippen LogP contribution in [0.25, 0.3) is 0 Å². The summed E-state index contributed by atoms with van der Waals surface area (Å²) in [5.41, 5.74) is 0. The molecule has 0 aliphatic rings. The molecule has 0 bridgehead atoms. The van der Waals surface area contributed by atoms with Gasteiger partial charge < -0.3 is 15.3 Å². The number of nitrogens with one attached hydrogen (secondary N) is 1. The zero-order valence-corrected chi connectivity index (χ0v) is 9.45. The highest BCUT2D eigenvalue weighted by Gasteiger charge is 2.10. The fourth-order valence-corrected chi connectivity index (χ4v) is 1.16. The van der Waals surface area contributed by atoms with Gasteiger partial charge in [0, 0.05) is 32.5 Å². The molecule has 0 aromatic heterocycles. The van der Waals surface area contributed by atoms with Gasteiger partial charge in [-0.15, -0.1) is 0 Å². The van der Waals surface area contributed by atoms with Crippen LogP contribution < -0.4 is 5.32 Å². The van der Waals surface area contributed by atoms with Crippen LogP contribution in [0, 0.1) is 0 Å². The Kier molecular flexibility index (Phi) is 7.62. The van der Waals surface area contributed by atoms with Crippen molar-refractivity contribution in [1.82, 2.24) is 10.2 Å². The first-order valence-corrected chi connectivity index (χ1v) is 5.31. The van der Waals surface area contributed by atoms with Crippen molar-refractivity contribution in [2.24, 2.45) is 0 Å². The van der Waals surface area contributed by atoms with Gasteiger partial charge in [-0.3, -0.25) is 9.59 Å². The Balaban J connectivity index is 3.85. The van der Waals surface area contributed by atoms with Crippen molar-refractivity contribution in [3.05, 3.63) is 0 Å². The van der Waals surface area contributed by atoms with Gasteiger partial charge in [-0.2, -0.15) is 0 Å². The van der Waals surface area contributed by atoms with Crippen LogP contribution in [0.3, 0.4) is 0 Å². The van der Waals surface area contributed by atoms with Crippen LogP contribution >= 0.6 is 0 Å². The largest absolute Gasteiger partial charge is 0.395 e. The molecule has 0 saturated heterocycles. The predicted octanol–water partition coefficient (Wildman–Crippen LogP) is -0.257. The summed E-state index contributed by atoms with van der Waals surface area (Å²) < 4.78 is 0. The van der Waals surface area contributed by atoms with Crippen molar-refractivity contribution < 1.29 is 14.7 Å². The van der Waals surface area contributed by atoms with E-state index in [0.717, 1.165) is 0 Å². The van der Waals surface area contributed by atoms with E-state index in [-0.39, 0.29) is 18.4 Å². The monoisotopic (exact) mass is 216 g/mol. The van der Waals surface area contributed by atoms with Gasteiger partial charge in [0.2, 0.25) is 11.8 Å². The molecule has 0 heterocycles. The quantitative estimate of drug-likeness (QED) is 0.616. The van der Waals surface area contributed by atoms with Gasteiger partial charge in [0.1, 0.15) is 0 Å².